The SMILES string of the molecule is C[N+]1(CCOCC(F)(F)C(F)(F)C(F)(F)C(F)F)C=CCC1.O=S(=O)([N-]S(=O)(=O)C(F)(F)F)C(F)(F)F. The number of likely N-dealkylation sites (N-methyl/N-ethyl adjacent to an activating group) is 1. The largest absolute Gasteiger partial charge is 0.480 e. The number of rotatable bonds is 10. The maximum Gasteiger partial charge on any atom is 0.480 e. The Morgan fingerprint density at radius 3 is 1.62 bits per heavy atom. The zero-order valence-corrected chi connectivity index (χ0v) is 19.4. The Bertz CT molecular complexity index is 967. The zero-order valence-electron chi connectivity index (χ0n) is 17.8. The quantitative estimate of drug-likeness (QED) is 0.202. The van der Waals surface area contributed by atoms with Crippen molar-refractivity contribution in [2.45, 2.75) is 41.6 Å². The molecule has 0 amide bonds. The van der Waals surface area contributed by atoms with E-state index in [1.54, 1.807) is 13.2 Å². The van der Waals surface area contributed by atoms with Gasteiger partial charge in [-0.3, -0.25) is 4.48 Å². The van der Waals surface area contributed by atoms with Crippen LogP contribution >= 0.6 is 0 Å². The van der Waals surface area contributed by atoms with Crippen molar-refractivity contribution in [3.8, 4) is 0 Å². The normalized spacial score (nSPS) is 20.2. The molecule has 0 aromatic carbocycles. The molecule has 0 aliphatic carbocycles. The van der Waals surface area contributed by atoms with E-state index in [-0.39, 0.29) is 6.54 Å². The van der Waals surface area contributed by atoms with Crippen molar-refractivity contribution in [1.82, 2.24) is 0 Å². The molecule has 0 radical (unpaired) electrons. The third-order valence-electron chi connectivity index (χ3n) is 4.23. The second-order valence-corrected chi connectivity index (χ2v) is 10.7. The summed E-state index contributed by atoms with van der Waals surface area (Å²) in [5, 5.41) is 0. The lowest BCUT2D eigenvalue weighted by Crippen LogP contribution is -2.59. The van der Waals surface area contributed by atoms with Crippen LogP contribution < -0.4 is 0 Å². The van der Waals surface area contributed by atoms with Gasteiger partial charge in [0, 0.05) is 6.42 Å². The van der Waals surface area contributed by atoms with Crippen LogP contribution in [-0.2, 0) is 24.8 Å². The molecule has 1 heterocycles. The highest BCUT2D eigenvalue weighted by molar-refractivity contribution is 8.13. The van der Waals surface area contributed by atoms with Crippen LogP contribution in [-0.4, -0.2) is 89.9 Å². The summed E-state index contributed by atoms with van der Waals surface area (Å²) in [5.74, 6) is -17.8. The molecule has 0 aromatic heterocycles. The molecule has 0 saturated carbocycles. The van der Waals surface area contributed by atoms with E-state index < -0.39 is 68.5 Å². The monoisotopic (exact) mass is 622 g/mol. The topological polar surface area (TPSA) is 91.6 Å². The maximum atomic E-state index is 13.1. The first-order valence-electron chi connectivity index (χ1n) is 8.94. The van der Waals surface area contributed by atoms with E-state index in [0.29, 0.717) is 11.0 Å². The highest BCUT2D eigenvalue weighted by Gasteiger charge is 2.75. The van der Waals surface area contributed by atoms with E-state index in [2.05, 4.69) is 4.74 Å². The van der Waals surface area contributed by atoms with Gasteiger partial charge in [0.15, 0.2) is 20.0 Å². The molecule has 222 valence electrons. The molecule has 1 aliphatic rings. The van der Waals surface area contributed by atoms with Gasteiger partial charge in [-0.15, -0.1) is 0 Å². The molecule has 0 bridgehead atoms. The molecule has 1 unspecified atom stereocenters. The first-order valence-corrected chi connectivity index (χ1v) is 11.8. The molecule has 0 saturated heterocycles. The first kappa shape index (κ1) is 35.5. The van der Waals surface area contributed by atoms with Crippen molar-refractivity contribution in [1.29, 1.82) is 0 Å². The van der Waals surface area contributed by atoms with Gasteiger partial charge in [0.2, 0.25) is 0 Å². The number of alkyl halides is 14. The Kier molecular flexibility index (Phi) is 10.9. The minimum atomic E-state index is -6.72. The fraction of sp³-hybridized carbons (Fsp3) is 0.857. The highest BCUT2D eigenvalue weighted by atomic mass is 32.3. The van der Waals surface area contributed by atoms with Crippen molar-refractivity contribution in [3.63, 3.8) is 0 Å². The molecule has 1 aliphatic heterocycles. The average Bonchev–Trinajstić information content (AvgIpc) is 3.09. The minimum absolute atomic E-state index is 0.170. The van der Waals surface area contributed by atoms with Crippen LogP contribution in [0.5, 0.6) is 0 Å². The van der Waals surface area contributed by atoms with Crippen LogP contribution in [0.1, 0.15) is 6.42 Å². The lowest BCUT2D eigenvalue weighted by atomic mass is 10.1. The third kappa shape index (κ3) is 8.78. The molecule has 1 atom stereocenters. The summed E-state index contributed by atoms with van der Waals surface area (Å²) in [6, 6.07) is 0. The summed E-state index contributed by atoms with van der Waals surface area (Å²) in [5.41, 5.74) is -12.4. The predicted molar refractivity (Wildman–Crippen MR) is 94.6 cm³/mol. The highest BCUT2D eigenvalue weighted by Crippen LogP contribution is 2.48. The van der Waals surface area contributed by atoms with E-state index in [9.17, 15) is 78.3 Å². The van der Waals surface area contributed by atoms with Gasteiger partial charge in [-0.25, -0.2) is 25.6 Å². The maximum absolute atomic E-state index is 13.1. The van der Waals surface area contributed by atoms with Crippen LogP contribution in [0, 0.1) is 0 Å². The molecule has 0 N–H and O–H groups in total. The molecule has 23 heteroatoms. The van der Waals surface area contributed by atoms with Crippen molar-refractivity contribution < 1.29 is 87.5 Å². The van der Waals surface area contributed by atoms with Crippen LogP contribution in [0.25, 0.3) is 4.13 Å². The van der Waals surface area contributed by atoms with E-state index in [1.165, 1.54) is 0 Å². The van der Waals surface area contributed by atoms with Gasteiger partial charge in [0.05, 0.1) is 26.4 Å². The van der Waals surface area contributed by atoms with Crippen LogP contribution in [0.4, 0.5) is 61.5 Å². The Hall–Kier alpha value is -1.46. The Morgan fingerprint density at radius 1 is 0.865 bits per heavy atom. The van der Waals surface area contributed by atoms with E-state index in [1.807, 2.05) is 6.08 Å². The number of hydrogen-bond acceptors (Lipinski definition) is 5. The smallest absolute Gasteiger partial charge is 0.421 e. The lowest BCUT2D eigenvalue weighted by molar-refractivity contribution is -0.854. The van der Waals surface area contributed by atoms with Crippen molar-refractivity contribution in [2.75, 3.05) is 33.4 Å². The summed E-state index contributed by atoms with van der Waals surface area (Å²) in [6.45, 7) is -1.62. The Morgan fingerprint density at radius 2 is 1.30 bits per heavy atom. The molecule has 0 aromatic rings. The van der Waals surface area contributed by atoms with Crippen molar-refractivity contribution >= 4 is 20.0 Å². The number of quaternary nitrogens is 1. The van der Waals surface area contributed by atoms with Crippen LogP contribution in [0.2, 0.25) is 0 Å². The Balaban J connectivity index is 0.000000757. The standard InChI is InChI=1S/C12H16F8NO.C2F6NO4S2/c1-21(4-2-3-5-21)6-7-22-8-10(15,16)12(19,20)11(17,18)9(13)14;3-1(4,5)14(10,11)9-15(12,13)2(6,7)8/h2,4,9H,3,5-8H2,1H3;/q+1;-1. The summed E-state index contributed by atoms with van der Waals surface area (Å²) in [7, 11) is -11.7. The minimum Gasteiger partial charge on any atom is -0.421 e. The summed E-state index contributed by atoms with van der Waals surface area (Å²) >= 11 is 0. The molecule has 7 nitrogen and oxygen atoms in total. The summed E-state index contributed by atoms with van der Waals surface area (Å²) < 4.78 is 215. The molecule has 1 rings (SSSR count). The number of hydrogen-bond donors (Lipinski definition) is 0. The fourth-order valence-corrected chi connectivity index (χ4v) is 3.83. The van der Waals surface area contributed by atoms with Crippen molar-refractivity contribution in [2.24, 2.45) is 0 Å². The van der Waals surface area contributed by atoms with Crippen LogP contribution in [0.15, 0.2) is 12.3 Å². The lowest BCUT2D eigenvalue weighted by Gasteiger charge is -2.32. The van der Waals surface area contributed by atoms with E-state index in [0.717, 1.165) is 10.5 Å². The van der Waals surface area contributed by atoms with Gasteiger partial charge in [0.25, 0.3) is 0 Å². The average molecular weight is 622 g/mol. The van der Waals surface area contributed by atoms with E-state index >= 15 is 0 Å². The van der Waals surface area contributed by atoms with Gasteiger partial charge in [-0.05, 0) is 6.08 Å². The number of ether oxygens (including phenoxy) is 1. The Labute approximate surface area is 199 Å². The molecule has 0 spiro atoms. The van der Waals surface area contributed by atoms with Gasteiger partial charge in [0.1, 0.15) is 13.2 Å². The molecular weight excluding hydrogens is 606 g/mol. The molecule has 0 fully saturated rings. The van der Waals surface area contributed by atoms with Gasteiger partial charge >= 0.3 is 35.2 Å². The summed E-state index contributed by atoms with van der Waals surface area (Å²) in [6.07, 6.45) is -0.550. The van der Waals surface area contributed by atoms with Gasteiger partial charge in [-0.2, -0.15) is 52.7 Å². The number of nitrogens with zero attached hydrogens (tertiary/aromatic N) is 2. The van der Waals surface area contributed by atoms with Crippen LogP contribution in [0.3, 0.4) is 0 Å². The molecule has 37 heavy (non-hydrogen) atoms. The first-order chi connectivity index (χ1) is 16.1. The predicted octanol–water partition coefficient (Wildman–Crippen LogP) is 4.60. The number of halogens is 14. The van der Waals surface area contributed by atoms with E-state index in [4.69, 9.17) is 0 Å². The second-order valence-electron chi connectivity index (χ2n) is 7.27. The van der Waals surface area contributed by atoms with Crippen molar-refractivity contribution in [3.05, 3.63) is 16.4 Å². The van der Waals surface area contributed by atoms with Gasteiger partial charge in [-0.1, -0.05) is 0 Å². The fourth-order valence-electron chi connectivity index (χ4n) is 2.12. The summed E-state index contributed by atoms with van der Waals surface area (Å²) in [4.78, 5) is 0. The third-order valence-corrected chi connectivity index (χ3v) is 6.97. The van der Waals surface area contributed by atoms with Gasteiger partial charge < -0.3 is 8.86 Å². The second kappa shape index (κ2) is 11.3. The zero-order chi connectivity index (χ0) is 29.9. The molecular formula is C14H16F14N2O5S2. The number of sulfonamides is 2.